The van der Waals surface area contributed by atoms with E-state index in [1.807, 2.05) is 71.6 Å². The lowest BCUT2D eigenvalue weighted by molar-refractivity contribution is -0.131. The number of primary sulfonamides is 1. The van der Waals surface area contributed by atoms with Gasteiger partial charge in [-0.25, -0.2) is 13.6 Å². The predicted molar refractivity (Wildman–Crippen MR) is 185 cm³/mol. The van der Waals surface area contributed by atoms with E-state index in [0.717, 1.165) is 51.9 Å². The second-order valence-electron chi connectivity index (χ2n) is 11.6. The smallest absolute Gasteiger partial charge is 0.251 e. The summed E-state index contributed by atoms with van der Waals surface area (Å²) < 4.78 is 24.2. The number of rotatable bonds is 13. The largest absolute Gasteiger partial charge is 0.351 e. The summed E-state index contributed by atoms with van der Waals surface area (Å²) >= 11 is 3.56. The van der Waals surface area contributed by atoms with Gasteiger partial charge in [-0.1, -0.05) is 76.6 Å². The molecule has 1 heterocycles. The second-order valence-corrected chi connectivity index (χ2v) is 14.0. The third-order valence-electron chi connectivity index (χ3n) is 8.25. The third-order valence-corrected chi connectivity index (χ3v) is 9.95. The van der Waals surface area contributed by atoms with Crippen LogP contribution in [-0.4, -0.2) is 62.8 Å². The number of hydrogen-bond donors (Lipinski definition) is 2. The van der Waals surface area contributed by atoms with Crippen molar-refractivity contribution in [3.63, 3.8) is 0 Å². The van der Waals surface area contributed by atoms with Gasteiger partial charge in [0, 0.05) is 36.2 Å². The van der Waals surface area contributed by atoms with Gasteiger partial charge >= 0.3 is 0 Å². The summed E-state index contributed by atoms with van der Waals surface area (Å²) in [6.07, 6.45) is 3.23. The summed E-state index contributed by atoms with van der Waals surface area (Å²) in [4.78, 5) is 30.8. The Bertz CT molecular complexity index is 1770. The topological polar surface area (TPSA) is 113 Å². The van der Waals surface area contributed by atoms with Crippen LogP contribution >= 0.6 is 15.9 Å². The van der Waals surface area contributed by atoms with Crippen molar-refractivity contribution in [3.05, 3.63) is 124 Å². The van der Waals surface area contributed by atoms with Gasteiger partial charge in [-0.2, -0.15) is 0 Å². The first kappa shape index (κ1) is 33.5. The number of sulfonamides is 1. The van der Waals surface area contributed by atoms with E-state index in [0.29, 0.717) is 31.6 Å². The molecule has 0 aromatic heterocycles. The Labute approximate surface area is 279 Å². The van der Waals surface area contributed by atoms with Crippen molar-refractivity contribution in [2.24, 2.45) is 5.14 Å². The van der Waals surface area contributed by atoms with E-state index in [2.05, 4.69) is 32.2 Å². The lowest BCUT2D eigenvalue weighted by Crippen LogP contribution is -2.33. The SMILES string of the molecule is NS(=O)(=O)c1ccc(CCN(Cc2cccc(-c3cccc(C(=O)NCCN4CCCC4)c3)c2)C(=O)Cc2ccccc2Br)cc1. The first-order valence-electron chi connectivity index (χ1n) is 15.5. The van der Waals surface area contributed by atoms with Gasteiger partial charge in [0.15, 0.2) is 0 Å². The Balaban J connectivity index is 1.30. The Kier molecular flexibility index (Phi) is 11.4. The van der Waals surface area contributed by atoms with Crippen LogP contribution in [0.25, 0.3) is 11.1 Å². The fraction of sp³-hybridized carbons (Fsp3) is 0.278. The number of carbonyl (C=O) groups excluding carboxylic acids is 2. The zero-order valence-corrected chi connectivity index (χ0v) is 28.1. The molecule has 10 heteroatoms. The summed E-state index contributed by atoms with van der Waals surface area (Å²) in [6, 6.07) is 29.8. The number of halogens is 1. The molecule has 0 bridgehead atoms. The molecular weight excluding hydrogens is 664 g/mol. The molecule has 4 aromatic carbocycles. The van der Waals surface area contributed by atoms with Gasteiger partial charge in [0.05, 0.1) is 11.3 Å². The summed E-state index contributed by atoms with van der Waals surface area (Å²) in [5.74, 6) is -0.107. The Morgan fingerprint density at radius 2 is 1.54 bits per heavy atom. The first-order valence-corrected chi connectivity index (χ1v) is 17.8. The maximum absolute atomic E-state index is 13.7. The number of benzene rings is 4. The maximum Gasteiger partial charge on any atom is 0.251 e. The maximum atomic E-state index is 13.7. The van der Waals surface area contributed by atoms with E-state index in [1.165, 1.54) is 25.0 Å². The van der Waals surface area contributed by atoms with Crippen molar-refractivity contribution >= 4 is 37.8 Å². The molecule has 1 aliphatic heterocycles. The number of nitrogens with zero attached hydrogens (tertiary/aromatic N) is 2. The highest BCUT2D eigenvalue weighted by molar-refractivity contribution is 9.10. The molecule has 46 heavy (non-hydrogen) atoms. The van der Waals surface area contributed by atoms with Gasteiger partial charge in [0.2, 0.25) is 15.9 Å². The fourth-order valence-electron chi connectivity index (χ4n) is 5.66. The third kappa shape index (κ3) is 9.35. The Morgan fingerprint density at radius 3 is 2.26 bits per heavy atom. The number of nitrogens with one attached hydrogen (secondary N) is 1. The van der Waals surface area contributed by atoms with Gasteiger partial charge in [0.1, 0.15) is 0 Å². The molecule has 3 N–H and O–H groups in total. The lowest BCUT2D eigenvalue weighted by Gasteiger charge is -2.24. The average molecular weight is 704 g/mol. The zero-order chi connectivity index (χ0) is 32.5. The highest BCUT2D eigenvalue weighted by atomic mass is 79.9. The van der Waals surface area contributed by atoms with Crippen LogP contribution < -0.4 is 10.5 Å². The van der Waals surface area contributed by atoms with Crippen LogP contribution in [0.3, 0.4) is 0 Å². The van der Waals surface area contributed by atoms with Crippen LogP contribution in [0.2, 0.25) is 0 Å². The minimum atomic E-state index is -3.78. The van der Waals surface area contributed by atoms with Crippen molar-refractivity contribution < 1.29 is 18.0 Å². The molecule has 0 radical (unpaired) electrons. The average Bonchev–Trinajstić information content (AvgIpc) is 3.58. The first-order chi connectivity index (χ1) is 22.2. The number of likely N-dealkylation sites (tertiary alicyclic amines) is 1. The van der Waals surface area contributed by atoms with Crippen LogP contribution in [0.4, 0.5) is 0 Å². The van der Waals surface area contributed by atoms with E-state index in [9.17, 15) is 18.0 Å². The van der Waals surface area contributed by atoms with Crippen LogP contribution in [0, 0.1) is 0 Å². The lowest BCUT2D eigenvalue weighted by atomic mass is 10.0. The molecular formula is C36H39BrN4O4S. The molecule has 4 aromatic rings. The van der Waals surface area contributed by atoms with Crippen molar-refractivity contribution in [3.8, 4) is 11.1 Å². The summed E-state index contributed by atoms with van der Waals surface area (Å²) in [5.41, 5.74) is 5.26. The zero-order valence-electron chi connectivity index (χ0n) is 25.7. The van der Waals surface area contributed by atoms with Crippen molar-refractivity contribution in [1.82, 2.24) is 15.1 Å². The molecule has 0 aliphatic carbocycles. The summed E-state index contributed by atoms with van der Waals surface area (Å²) in [7, 11) is -3.78. The normalized spacial score (nSPS) is 13.4. The second kappa shape index (κ2) is 15.6. The van der Waals surface area contributed by atoms with Crippen molar-refractivity contribution in [1.29, 1.82) is 0 Å². The standard InChI is InChI=1S/C36H39BrN4O4S/c37-34-12-2-1-8-31(34)25-35(42)41(21-17-27-13-15-33(16-14-27)46(38,44)45)26-28-7-5-9-29(23-28)30-10-6-11-32(24-30)36(43)39-18-22-40-19-3-4-20-40/h1-2,5-16,23-24H,3-4,17-22,25-26H2,(H,39,43)(H2,38,44,45). The molecule has 1 fully saturated rings. The molecule has 0 spiro atoms. The Hall–Kier alpha value is -3.83. The van der Waals surface area contributed by atoms with Crippen LogP contribution in [-0.2, 0) is 34.2 Å². The van der Waals surface area contributed by atoms with Crippen LogP contribution in [0.15, 0.2) is 106 Å². The van der Waals surface area contributed by atoms with Crippen molar-refractivity contribution in [2.45, 2.75) is 37.1 Å². The molecule has 1 aliphatic rings. The summed E-state index contributed by atoms with van der Waals surface area (Å²) in [5, 5.41) is 8.30. The van der Waals surface area contributed by atoms with E-state index >= 15 is 0 Å². The van der Waals surface area contributed by atoms with Crippen LogP contribution in [0.5, 0.6) is 0 Å². The van der Waals surface area contributed by atoms with Crippen molar-refractivity contribution in [2.75, 3.05) is 32.7 Å². The predicted octanol–water partition coefficient (Wildman–Crippen LogP) is 5.40. The van der Waals surface area contributed by atoms with Crippen LogP contribution in [0.1, 0.15) is 39.9 Å². The number of carbonyl (C=O) groups is 2. The monoisotopic (exact) mass is 702 g/mol. The number of hydrogen-bond acceptors (Lipinski definition) is 5. The van der Waals surface area contributed by atoms with E-state index in [4.69, 9.17) is 5.14 Å². The van der Waals surface area contributed by atoms with E-state index < -0.39 is 10.0 Å². The molecule has 5 rings (SSSR count). The van der Waals surface area contributed by atoms with Gasteiger partial charge in [0.25, 0.3) is 5.91 Å². The molecule has 8 nitrogen and oxygen atoms in total. The Morgan fingerprint density at radius 1 is 0.848 bits per heavy atom. The van der Waals surface area contributed by atoms with E-state index in [1.54, 1.807) is 12.1 Å². The molecule has 0 saturated carbocycles. The van der Waals surface area contributed by atoms with Gasteiger partial charge in [-0.05, 0) is 96.6 Å². The number of amides is 2. The van der Waals surface area contributed by atoms with Gasteiger partial charge in [-0.15, -0.1) is 0 Å². The highest BCUT2D eigenvalue weighted by Crippen LogP contribution is 2.24. The summed E-state index contributed by atoms with van der Waals surface area (Å²) in [6.45, 7) is 4.52. The quantitative estimate of drug-likeness (QED) is 0.194. The van der Waals surface area contributed by atoms with Gasteiger partial charge in [-0.3, -0.25) is 9.59 Å². The van der Waals surface area contributed by atoms with E-state index in [-0.39, 0.29) is 23.1 Å². The fourth-order valence-corrected chi connectivity index (χ4v) is 6.60. The molecule has 2 amide bonds. The van der Waals surface area contributed by atoms with Gasteiger partial charge < -0.3 is 15.1 Å². The highest BCUT2D eigenvalue weighted by Gasteiger charge is 2.18. The molecule has 1 saturated heterocycles. The molecule has 240 valence electrons. The number of nitrogens with two attached hydrogens (primary N) is 1. The molecule has 0 atom stereocenters. The molecule has 0 unspecified atom stereocenters. The minimum absolute atomic E-state index is 0.0222. The minimum Gasteiger partial charge on any atom is -0.351 e.